The fraction of sp³-hybridized carbons (Fsp3) is 1.00. The number of hydrogen-bond donors (Lipinski definition) is 2. The van der Waals surface area contributed by atoms with Gasteiger partial charge in [-0.2, -0.15) is 0 Å². The van der Waals surface area contributed by atoms with Crippen LogP contribution in [0.25, 0.3) is 0 Å². The van der Waals surface area contributed by atoms with Crippen molar-refractivity contribution in [3.05, 3.63) is 0 Å². The van der Waals surface area contributed by atoms with E-state index in [4.69, 9.17) is 11.5 Å². The number of rotatable bonds is 4. The van der Waals surface area contributed by atoms with E-state index in [1.807, 2.05) is 0 Å². The molecule has 3 fully saturated rings. The Morgan fingerprint density at radius 1 is 0.682 bits per heavy atom. The van der Waals surface area contributed by atoms with Crippen LogP contribution in [0.3, 0.4) is 0 Å². The number of hydrogen-bond acceptors (Lipinski definition) is 2. The van der Waals surface area contributed by atoms with Gasteiger partial charge in [-0.25, -0.2) is 0 Å². The minimum atomic E-state index is -0.437. The van der Waals surface area contributed by atoms with Gasteiger partial charge in [0, 0.05) is 10.8 Å². The van der Waals surface area contributed by atoms with Crippen molar-refractivity contribution in [2.45, 2.75) is 103 Å². The summed E-state index contributed by atoms with van der Waals surface area (Å²) in [6.45, 7) is 4.70. The zero-order valence-electron chi connectivity index (χ0n) is 15.0. The Labute approximate surface area is 137 Å². The molecule has 22 heavy (non-hydrogen) atoms. The van der Waals surface area contributed by atoms with E-state index in [0.717, 1.165) is 11.8 Å². The van der Waals surface area contributed by atoms with Crippen LogP contribution in [0.4, 0.5) is 0 Å². The predicted molar refractivity (Wildman–Crippen MR) is 94.3 cm³/mol. The third-order valence-electron chi connectivity index (χ3n) is 8.31. The van der Waals surface area contributed by atoms with Crippen LogP contribution in [-0.4, -0.2) is 5.66 Å². The maximum atomic E-state index is 7.04. The van der Waals surface area contributed by atoms with Crippen molar-refractivity contribution in [1.29, 1.82) is 0 Å². The Kier molecular flexibility index (Phi) is 4.64. The molecule has 0 radical (unpaired) electrons. The van der Waals surface area contributed by atoms with Crippen LogP contribution in [0.15, 0.2) is 0 Å². The van der Waals surface area contributed by atoms with E-state index in [-0.39, 0.29) is 10.8 Å². The monoisotopic (exact) mass is 306 g/mol. The Bertz CT molecular complexity index is 345. The van der Waals surface area contributed by atoms with Crippen LogP contribution in [0, 0.1) is 22.7 Å². The average Bonchev–Trinajstić information content (AvgIpc) is 2.57. The summed E-state index contributed by atoms with van der Waals surface area (Å²) in [6.07, 6.45) is 17.6. The van der Waals surface area contributed by atoms with Crippen molar-refractivity contribution >= 4 is 0 Å². The highest BCUT2D eigenvalue weighted by atomic mass is 15.1. The minimum Gasteiger partial charge on any atom is -0.313 e. The zero-order valence-corrected chi connectivity index (χ0v) is 15.0. The molecule has 4 N–H and O–H groups in total. The second-order valence-corrected chi connectivity index (χ2v) is 8.74. The molecule has 128 valence electrons. The SMILES string of the molecule is CCC1(C2CCCCC2)CC(CC)(C2CCCCC2)C1(N)N. The fourth-order valence-corrected chi connectivity index (χ4v) is 6.93. The van der Waals surface area contributed by atoms with Gasteiger partial charge in [0.15, 0.2) is 0 Å². The van der Waals surface area contributed by atoms with E-state index in [1.165, 1.54) is 83.5 Å². The van der Waals surface area contributed by atoms with Crippen molar-refractivity contribution in [3.8, 4) is 0 Å². The van der Waals surface area contributed by atoms with Crippen molar-refractivity contribution in [3.63, 3.8) is 0 Å². The molecule has 0 heterocycles. The van der Waals surface area contributed by atoms with Gasteiger partial charge in [0.05, 0.1) is 5.66 Å². The first kappa shape index (κ1) is 16.8. The lowest BCUT2D eigenvalue weighted by molar-refractivity contribution is -0.222. The average molecular weight is 307 g/mol. The van der Waals surface area contributed by atoms with Gasteiger partial charge in [-0.15, -0.1) is 0 Å². The molecule has 3 saturated carbocycles. The normalized spacial score (nSPS) is 40.4. The third-order valence-corrected chi connectivity index (χ3v) is 8.31. The maximum Gasteiger partial charge on any atom is 0.0757 e. The maximum absolute atomic E-state index is 7.04. The van der Waals surface area contributed by atoms with E-state index < -0.39 is 5.66 Å². The molecule has 0 bridgehead atoms. The number of nitrogens with two attached hydrogens (primary N) is 2. The first-order chi connectivity index (χ1) is 10.5. The first-order valence-electron chi connectivity index (χ1n) is 10.1. The van der Waals surface area contributed by atoms with E-state index >= 15 is 0 Å². The highest BCUT2D eigenvalue weighted by Gasteiger charge is 2.72. The smallest absolute Gasteiger partial charge is 0.0757 e. The van der Waals surface area contributed by atoms with Gasteiger partial charge in [-0.3, -0.25) is 0 Å². The molecule has 0 aliphatic heterocycles. The molecule has 2 atom stereocenters. The van der Waals surface area contributed by atoms with Crippen molar-refractivity contribution < 1.29 is 0 Å². The van der Waals surface area contributed by atoms with Crippen LogP contribution in [0.2, 0.25) is 0 Å². The van der Waals surface area contributed by atoms with Crippen molar-refractivity contribution in [1.82, 2.24) is 0 Å². The molecule has 0 amide bonds. The van der Waals surface area contributed by atoms with Crippen molar-refractivity contribution in [2.75, 3.05) is 0 Å². The molecule has 0 spiro atoms. The van der Waals surface area contributed by atoms with Crippen LogP contribution in [0.5, 0.6) is 0 Å². The molecule has 0 aromatic carbocycles. The quantitative estimate of drug-likeness (QED) is 0.721. The van der Waals surface area contributed by atoms with E-state index in [2.05, 4.69) is 13.8 Å². The summed E-state index contributed by atoms with van der Waals surface area (Å²) >= 11 is 0. The molecular weight excluding hydrogens is 268 g/mol. The summed E-state index contributed by atoms with van der Waals surface area (Å²) in [5, 5.41) is 0. The van der Waals surface area contributed by atoms with Crippen molar-refractivity contribution in [2.24, 2.45) is 34.1 Å². The molecular formula is C20H38N2. The second kappa shape index (κ2) is 6.09. The molecule has 3 rings (SSSR count). The lowest BCUT2D eigenvalue weighted by Gasteiger charge is -2.73. The predicted octanol–water partition coefficient (Wildman–Crippen LogP) is 4.96. The topological polar surface area (TPSA) is 52.0 Å². The van der Waals surface area contributed by atoms with E-state index in [0.29, 0.717) is 0 Å². The summed E-state index contributed by atoms with van der Waals surface area (Å²) in [5.74, 6) is 1.56. The molecule has 3 aliphatic carbocycles. The Morgan fingerprint density at radius 3 is 1.32 bits per heavy atom. The van der Waals surface area contributed by atoms with Gasteiger partial charge >= 0.3 is 0 Å². The summed E-state index contributed by atoms with van der Waals surface area (Å²) in [6, 6.07) is 0. The van der Waals surface area contributed by atoms with Crippen LogP contribution in [0.1, 0.15) is 97.3 Å². The van der Waals surface area contributed by atoms with Crippen LogP contribution >= 0.6 is 0 Å². The summed E-state index contributed by atoms with van der Waals surface area (Å²) in [5.41, 5.74) is 14.1. The van der Waals surface area contributed by atoms with E-state index in [9.17, 15) is 0 Å². The van der Waals surface area contributed by atoms with Gasteiger partial charge in [-0.05, 0) is 56.8 Å². The van der Waals surface area contributed by atoms with Crippen LogP contribution in [-0.2, 0) is 0 Å². The Hall–Kier alpha value is -0.0800. The summed E-state index contributed by atoms with van der Waals surface area (Å²) in [7, 11) is 0. The second-order valence-electron chi connectivity index (χ2n) is 8.74. The molecule has 0 saturated heterocycles. The summed E-state index contributed by atoms with van der Waals surface area (Å²) in [4.78, 5) is 0. The van der Waals surface area contributed by atoms with E-state index in [1.54, 1.807) is 0 Å². The zero-order chi connectivity index (χ0) is 15.8. The van der Waals surface area contributed by atoms with Gasteiger partial charge in [0.1, 0.15) is 0 Å². The third kappa shape index (κ3) is 2.13. The highest BCUT2D eigenvalue weighted by Crippen LogP contribution is 2.70. The molecule has 2 nitrogen and oxygen atoms in total. The lowest BCUT2D eigenvalue weighted by atomic mass is 9.35. The van der Waals surface area contributed by atoms with Gasteiger partial charge in [0.2, 0.25) is 0 Å². The highest BCUT2D eigenvalue weighted by molar-refractivity contribution is 5.23. The van der Waals surface area contributed by atoms with Crippen LogP contribution < -0.4 is 11.5 Å². The summed E-state index contributed by atoms with van der Waals surface area (Å²) < 4.78 is 0. The molecule has 2 heteroatoms. The Morgan fingerprint density at radius 2 is 1.05 bits per heavy atom. The standard InChI is InChI=1S/C20H38N2/c1-3-18(16-11-7-5-8-12-16)15-19(4-2,20(18,21)22)17-13-9-6-10-14-17/h16-17H,3-15,21-22H2,1-2H3. The Balaban J connectivity index is 1.86. The largest absolute Gasteiger partial charge is 0.313 e. The molecule has 0 aromatic rings. The van der Waals surface area contributed by atoms with Gasteiger partial charge in [-0.1, -0.05) is 52.4 Å². The fourth-order valence-electron chi connectivity index (χ4n) is 6.93. The molecule has 3 aliphatic rings. The van der Waals surface area contributed by atoms with Gasteiger partial charge in [0.25, 0.3) is 0 Å². The lowest BCUT2D eigenvalue weighted by Crippen LogP contribution is -2.84. The minimum absolute atomic E-state index is 0.223. The van der Waals surface area contributed by atoms with Gasteiger partial charge < -0.3 is 11.5 Å². The molecule has 2 unspecified atom stereocenters. The molecule has 0 aromatic heterocycles. The first-order valence-corrected chi connectivity index (χ1v) is 10.1.